The molecule has 0 radical (unpaired) electrons. The van der Waals surface area contributed by atoms with Gasteiger partial charge in [0.25, 0.3) is 0 Å². The van der Waals surface area contributed by atoms with Gasteiger partial charge in [0.2, 0.25) is 0 Å². The Bertz CT molecular complexity index is 348. The first-order chi connectivity index (χ1) is 7.36. The minimum absolute atomic E-state index is 0.347. The average molecular weight is 255 g/mol. The molecule has 92 valence electrons. The lowest BCUT2D eigenvalue weighted by Gasteiger charge is -2.12. The Morgan fingerprint density at radius 3 is 2.06 bits per heavy atom. The number of hydrogen-bond acceptors (Lipinski definition) is 1. The summed E-state index contributed by atoms with van der Waals surface area (Å²) in [6, 6.07) is 2.14. The van der Waals surface area contributed by atoms with E-state index in [1.54, 1.807) is 0 Å². The maximum Gasteiger partial charge on any atom is 0.417 e. The van der Waals surface area contributed by atoms with Crippen molar-refractivity contribution in [2.45, 2.75) is 26.9 Å². The van der Waals surface area contributed by atoms with Gasteiger partial charge in [0.05, 0.1) is 17.7 Å². The normalized spacial score (nSPS) is 10.5. The molecule has 16 heavy (non-hydrogen) atoms. The average Bonchev–Trinajstić information content (AvgIpc) is 2.22. The predicted octanol–water partition coefficient (Wildman–Crippen LogP) is 4.70. The van der Waals surface area contributed by atoms with E-state index in [0.717, 1.165) is 6.07 Å². The Labute approximate surface area is 98.2 Å². The van der Waals surface area contributed by atoms with Crippen molar-refractivity contribution in [3.05, 3.63) is 28.3 Å². The second-order valence-corrected chi connectivity index (χ2v) is 3.21. The van der Waals surface area contributed by atoms with Gasteiger partial charge in [-0.1, -0.05) is 25.4 Å². The van der Waals surface area contributed by atoms with E-state index in [4.69, 9.17) is 16.3 Å². The lowest BCUT2D eigenvalue weighted by atomic mass is 10.1. The van der Waals surface area contributed by atoms with E-state index in [1.807, 2.05) is 13.8 Å². The van der Waals surface area contributed by atoms with Crippen LogP contribution in [0.25, 0.3) is 0 Å². The summed E-state index contributed by atoms with van der Waals surface area (Å²) in [5.74, 6) is 0.350. The molecule has 5 heteroatoms. The minimum Gasteiger partial charge on any atom is -0.496 e. The van der Waals surface area contributed by atoms with Crippen LogP contribution >= 0.6 is 11.6 Å². The van der Waals surface area contributed by atoms with Gasteiger partial charge in [-0.2, -0.15) is 13.2 Å². The Balaban J connectivity index is 0.00000106. The first-order valence-corrected chi connectivity index (χ1v) is 5.15. The quantitative estimate of drug-likeness (QED) is 0.706. The zero-order valence-electron chi connectivity index (χ0n) is 9.57. The van der Waals surface area contributed by atoms with Crippen LogP contribution < -0.4 is 4.74 Å². The molecule has 0 aromatic heterocycles. The molecular formula is C11H14ClF3O. The molecule has 0 aliphatic carbocycles. The molecule has 0 bridgehead atoms. The molecule has 0 amide bonds. The fraction of sp³-hybridized carbons (Fsp3) is 0.455. The fourth-order valence-corrected chi connectivity index (χ4v) is 1.36. The third-order valence-electron chi connectivity index (χ3n) is 1.79. The van der Waals surface area contributed by atoms with E-state index in [-0.39, 0.29) is 5.02 Å². The number of ether oxygens (including phenoxy) is 1. The smallest absolute Gasteiger partial charge is 0.417 e. The van der Waals surface area contributed by atoms with Gasteiger partial charge in [0.15, 0.2) is 0 Å². The zero-order chi connectivity index (χ0) is 12.9. The highest BCUT2D eigenvalue weighted by Crippen LogP contribution is 2.37. The summed E-state index contributed by atoms with van der Waals surface area (Å²) < 4.78 is 41.9. The summed E-state index contributed by atoms with van der Waals surface area (Å²) in [5.41, 5.74) is -0.429. The zero-order valence-corrected chi connectivity index (χ0v) is 10.3. The molecule has 1 rings (SSSR count). The van der Waals surface area contributed by atoms with Crippen molar-refractivity contribution < 1.29 is 17.9 Å². The molecule has 0 saturated heterocycles. The number of hydrogen-bond donors (Lipinski definition) is 0. The molecule has 0 fully saturated rings. The van der Waals surface area contributed by atoms with Gasteiger partial charge in [-0.25, -0.2) is 0 Å². The van der Waals surface area contributed by atoms with Crippen LogP contribution in [0.4, 0.5) is 13.2 Å². The number of benzene rings is 1. The maximum absolute atomic E-state index is 12.3. The van der Waals surface area contributed by atoms with Gasteiger partial charge in [-0.3, -0.25) is 0 Å². The van der Waals surface area contributed by atoms with E-state index in [9.17, 15) is 13.2 Å². The molecular weight excluding hydrogens is 241 g/mol. The largest absolute Gasteiger partial charge is 0.496 e. The lowest BCUT2D eigenvalue weighted by Crippen LogP contribution is -2.06. The first-order valence-electron chi connectivity index (χ1n) is 4.77. The van der Waals surface area contributed by atoms with Crippen LogP contribution in [-0.4, -0.2) is 7.11 Å². The summed E-state index contributed by atoms with van der Waals surface area (Å²) in [4.78, 5) is 0. The van der Waals surface area contributed by atoms with Crippen molar-refractivity contribution in [1.29, 1.82) is 0 Å². The molecule has 0 spiro atoms. The van der Waals surface area contributed by atoms with Gasteiger partial charge in [0.1, 0.15) is 5.75 Å². The molecule has 1 aromatic carbocycles. The summed E-state index contributed by atoms with van der Waals surface area (Å²) >= 11 is 5.46. The van der Waals surface area contributed by atoms with Crippen LogP contribution in [0.3, 0.4) is 0 Å². The first kappa shape index (κ1) is 15.1. The van der Waals surface area contributed by atoms with E-state index in [2.05, 4.69) is 0 Å². The topological polar surface area (TPSA) is 9.23 Å². The summed E-state index contributed by atoms with van der Waals surface area (Å²) in [6.07, 6.45) is -4.42. The van der Waals surface area contributed by atoms with Gasteiger partial charge in [0, 0.05) is 0 Å². The summed E-state index contributed by atoms with van der Waals surface area (Å²) in [5, 5.41) is -0.347. The minimum atomic E-state index is -4.42. The SMILES string of the molecule is CC.COc1cc(Cl)c(C(F)(F)F)cc1C. The molecule has 0 aliphatic rings. The van der Waals surface area contributed by atoms with Crippen LogP contribution in [0.1, 0.15) is 25.0 Å². The summed E-state index contributed by atoms with van der Waals surface area (Å²) in [7, 11) is 1.38. The van der Waals surface area contributed by atoms with Crippen LogP contribution in [-0.2, 0) is 6.18 Å². The third kappa shape index (κ3) is 3.59. The number of methoxy groups -OCH3 is 1. The monoisotopic (exact) mass is 254 g/mol. The molecule has 0 unspecified atom stereocenters. The van der Waals surface area contributed by atoms with Gasteiger partial charge < -0.3 is 4.74 Å². The Hall–Kier alpha value is -0.900. The third-order valence-corrected chi connectivity index (χ3v) is 2.10. The van der Waals surface area contributed by atoms with Gasteiger partial charge >= 0.3 is 6.18 Å². The van der Waals surface area contributed by atoms with E-state index >= 15 is 0 Å². The molecule has 0 aliphatic heterocycles. The van der Waals surface area contributed by atoms with Gasteiger partial charge in [-0.05, 0) is 24.6 Å². The van der Waals surface area contributed by atoms with Crippen molar-refractivity contribution in [3.8, 4) is 5.75 Å². The molecule has 0 saturated carbocycles. The van der Waals surface area contributed by atoms with Crippen LogP contribution in [0.15, 0.2) is 12.1 Å². The Morgan fingerprint density at radius 2 is 1.69 bits per heavy atom. The highest BCUT2D eigenvalue weighted by molar-refractivity contribution is 6.31. The molecule has 1 aromatic rings. The van der Waals surface area contributed by atoms with Crippen LogP contribution in [0, 0.1) is 6.92 Å². The maximum atomic E-state index is 12.3. The fourth-order valence-electron chi connectivity index (χ4n) is 1.10. The molecule has 0 atom stereocenters. The second kappa shape index (κ2) is 5.99. The van der Waals surface area contributed by atoms with E-state index < -0.39 is 11.7 Å². The molecule has 0 heterocycles. The van der Waals surface area contributed by atoms with Crippen molar-refractivity contribution in [2.24, 2.45) is 0 Å². The molecule has 0 N–H and O–H groups in total. The predicted molar refractivity (Wildman–Crippen MR) is 59.1 cm³/mol. The van der Waals surface area contributed by atoms with Crippen molar-refractivity contribution in [1.82, 2.24) is 0 Å². The lowest BCUT2D eigenvalue weighted by molar-refractivity contribution is -0.137. The van der Waals surface area contributed by atoms with Crippen molar-refractivity contribution >= 4 is 11.6 Å². The van der Waals surface area contributed by atoms with Crippen LogP contribution in [0.2, 0.25) is 5.02 Å². The van der Waals surface area contributed by atoms with Gasteiger partial charge in [-0.15, -0.1) is 0 Å². The van der Waals surface area contributed by atoms with Crippen molar-refractivity contribution in [3.63, 3.8) is 0 Å². The number of aryl methyl sites for hydroxylation is 1. The molecule has 1 nitrogen and oxygen atoms in total. The van der Waals surface area contributed by atoms with E-state index in [0.29, 0.717) is 11.3 Å². The number of alkyl halides is 3. The van der Waals surface area contributed by atoms with Crippen molar-refractivity contribution in [2.75, 3.05) is 7.11 Å². The Morgan fingerprint density at radius 1 is 1.19 bits per heavy atom. The Kier molecular flexibility index (Phi) is 5.65. The second-order valence-electron chi connectivity index (χ2n) is 2.80. The highest BCUT2D eigenvalue weighted by Gasteiger charge is 2.33. The number of rotatable bonds is 1. The summed E-state index contributed by atoms with van der Waals surface area (Å²) in [6.45, 7) is 5.53. The highest BCUT2D eigenvalue weighted by atomic mass is 35.5. The number of halogens is 4. The van der Waals surface area contributed by atoms with E-state index in [1.165, 1.54) is 20.1 Å². The van der Waals surface area contributed by atoms with Crippen LogP contribution in [0.5, 0.6) is 5.75 Å². The standard InChI is InChI=1S/C9H8ClF3O.C2H6/c1-5-3-6(9(11,12)13)7(10)4-8(5)14-2;1-2/h3-4H,1-2H3;1-2H3.